The lowest BCUT2D eigenvalue weighted by Crippen LogP contribution is -2.32. The lowest BCUT2D eigenvalue weighted by molar-refractivity contribution is 0.0851. The summed E-state index contributed by atoms with van der Waals surface area (Å²) in [5, 5.41) is 2.27. The van der Waals surface area contributed by atoms with Gasteiger partial charge in [-0.2, -0.15) is 0 Å². The van der Waals surface area contributed by atoms with Crippen molar-refractivity contribution in [2.45, 2.75) is 54.6 Å². The highest BCUT2D eigenvalue weighted by molar-refractivity contribution is 5.95. The van der Waals surface area contributed by atoms with Crippen LogP contribution in [0.2, 0.25) is 0 Å². The fourth-order valence-corrected chi connectivity index (χ4v) is 6.40. The van der Waals surface area contributed by atoms with E-state index in [2.05, 4.69) is 141 Å². The van der Waals surface area contributed by atoms with E-state index >= 15 is 0 Å². The van der Waals surface area contributed by atoms with Crippen molar-refractivity contribution in [1.29, 1.82) is 0 Å². The number of aryl methyl sites for hydroxylation is 2. The van der Waals surface area contributed by atoms with E-state index < -0.39 is 0 Å². The summed E-state index contributed by atoms with van der Waals surface area (Å²) in [6.45, 7) is 27.9. The van der Waals surface area contributed by atoms with Crippen LogP contribution in [0.3, 0.4) is 0 Å². The summed E-state index contributed by atoms with van der Waals surface area (Å²) in [6.07, 6.45) is 9.63. The van der Waals surface area contributed by atoms with E-state index in [4.69, 9.17) is 14.2 Å². The van der Waals surface area contributed by atoms with Crippen molar-refractivity contribution >= 4 is 22.1 Å². The topological polar surface area (TPSA) is 37.4 Å². The van der Waals surface area contributed by atoms with E-state index in [0.29, 0.717) is 20.2 Å². The van der Waals surface area contributed by atoms with Crippen LogP contribution in [0.4, 0.5) is 11.4 Å². The molecule has 0 radical (unpaired) electrons. The molecule has 3 aliphatic rings. The van der Waals surface area contributed by atoms with Crippen LogP contribution in [0.15, 0.2) is 146 Å². The minimum absolute atomic E-state index is 0.502. The minimum Gasteiger partial charge on any atom is -0.473 e. The average molecular weight is 696 g/mol. The third-order valence-corrected chi connectivity index (χ3v) is 9.05. The first-order valence-electron chi connectivity index (χ1n) is 18.1. The van der Waals surface area contributed by atoms with Crippen molar-refractivity contribution < 1.29 is 14.2 Å². The number of hydrogen-bond donors (Lipinski definition) is 0. The van der Waals surface area contributed by atoms with Crippen molar-refractivity contribution in [1.82, 2.24) is 4.90 Å². The summed E-state index contributed by atoms with van der Waals surface area (Å²) in [5.41, 5.74) is 10.7. The van der Waals surface area contributed by atoms with E-state index in [1.807, 2.05) is 32.1 Å². The van der Waals surface area contributed by atoms with Gasteiger partial charge in [-0.3, -0.25) is 0 Å². The smallest absolute Gasteiger partial charge is 0.161 e. The van der Waals surface area contributed by atoms with Gasteiger partial charge in [-0.1, -0.05) is 106 Å². The molecule has 6 nitrogen and oxygen atoms in total. The van der Waals surface area contributed by atoms with Gasteiger partial charge in [0, 0.05) is 64.2 Å². The number of allylic oxidation sites excluding steroid dienone is 6. The Bertz CT molecular complexity index is 1910. The van der Waals surface area contributed by atoms with E-state index in [1.165, 1.54) is 39.2 Å². The van der Waals surface area contributed by atoms with Gasteiger partial charge in [0.2, 0.25) is 0 Å². The second-order valence-electron chi connectivity index (χ2n) is 13.2. The molecular weight excluding hydrogens is 643 g/mol. The third-order valence-electron chi connectivity index (χ3n) is 9.05. The molecule has 4 aromatic carbocycles. The minimum atomic E-state index is 0.502. The van der Waals surface area contributed by atoms with Crippen molar-refractivity contribution in [3.05, 3.63) is 168 Å². The molecule has 0 amide bonds. The molecule has 0 atom stereocenters. The molecule has 0 unspecified atom stereocenters. The summed E-state index contributed by atoms with van der Waals surface area (Å²) < 4.78 is 18.1. The maximum Gasteiger partial charge on any atom is 0.161 e. The zero-order valence-electron chi connectivity index (χ0n) is 31.7. The Balaban J connectivity index is 0.000000224. The fourth-order valence-electron chi connectivity index (χ4n) is 6.40. The Morgan fingerprint density at radius 1 is 0.673 bits per heavy atom. The molecule has 270 valence electrons. The van der Waals surface area contributed by atoms with Crippen LogP contribution in [0.1, 0.15) is 49.9 Å². The molecule has 1 fully saturated rings. The molecule has 0 bridgehead atoms. The third kappa shape index (κ3) is 8.81. The van der Waals surface area contributed by atoms with E-state index in [-0.39, 0.29) is 0 Å². The van der Waals surface area contributed by atoms with Crippen LogP contribution in [-0.4, -0.2) is 31.6 Å². The van der Waals surface area contributed by atoms with Crippen LogP contribution in [0.5, 0.6) is 11.5 Å². The summed E-state index contributed by atoms with van der Waals surface area (Å²) in [5.74, 6) is 2.69. The first-order chi connectivity index (χ1) is 25.2. The Kier molecular flexibility index (Phi) is 12.7. The second-order valence-corrected chi connectivity index (χ2v) is 13.2. The van der Waals surface area contributed by atoms with E-state index in [0.717, 1.165) is 58.9 Å². The lowest BCUT2D eigenvalue weighted by Gasteiger charge is -2.33. The van der Waals surface area contributed by atoms with Gasteiger partial charge in [-0.25, -0.2) is 0 Å². The highest BCUT2D eigenvalue weighted by Gasteiger charge is 2.25. The molecule has 6 heteroatoms. The molecule has 0 spiro atoms. The number of ether oxygens (including phenoxy) is 3. The number of benzene rings is 4. The second kappa shape index (κ2) is 17.5. The molecule has 3 heterocycles. The van der Waals surface area contributed by atoms with Gasteiger partial charge in [-0.05, 0) is 75.2 Å². The number of anilines is 2. The van der Waals surface area contributed by atoms with Crippen LogP contribution in [-0.2, 0) is 17.8 Å². The highest BCUT2D eigenvalue weighted by atomic mass is 16.5. The Morgan fingerprint density at radius 3 is 1.67 bits per heavy atom. The van der Waals surface area contributed by atoms with Crippen LogP contribution in [0, 0.1) is 13.8 Å². The van der Waals surface area contributed by atoms with Crippen molar-refractivity contribution in [3.63, 3.8) is 0 Å². The molecule has 3 aliphatic heterocycles. The predicted molar refractivity (Wildman–Crippen MR) is 219 cm³/mol. The molecule has 0 aliphatic carbocycles. The Morgan fingerprint density at radius 2 is 1.21 bits per heavy atom. The van der Waals surface area contributed by atoms with Gasteiger partial charge >= 0.3 is 0 Å². The van der Waals surface area contributed by atoms with Gasteiger partial charge in [0.05, 0.1) is 0 Å². The van der Waals surface area contributed by atoms with Crippen molar-refractivity contribution in [3.8, 4) is 11.5 Å². The summed E-state index contributed by atoms with van der Waals surface area (Å²) in [4.78, 5) is 6.65. The highest BCUT2D eigenvalue weighted by Crippen LogP contribution is 2.42. The molecule has 0 saturated carbocycles. The number of fused-ring (bicyclic) bond motifs is 5. The molecule has 1 saturated heterocycles. The monoisotopic (exact) mass is 695 g/mol. The summed E-state index contributed by atoms with van der Waals surface area (Å²) in [7, 11) is 0. The normalized spacial score (nSPS) is 15.7. The number of nitrogens with zero attached hydrogens (tertiary/aromatic N) is 3. The van der Waals surface area contributed by atoms with Crippen LogP contribution < -0.4 is 19.3 Å². The van der Waals surface area contributed by atoms with E-state index in [1.54, 1.807) is 6.08 Å². The first-order valence-corrected chi connectivity index (χ1v) is 18.1. The first kappa shape index (κ1) is 37.6. The molecule has 4 aromatic rings. The van der Waals surface area contributed by atoms with Crippen LogP contribution >= 0.6 is 0 Å². The molecule has 7 rings (SSSR count). The maximum absolute atomic E-state index is 6.30. The van der Waals surface area contributed by atoms with Crippen molar-refractivity contribution in [2.75, 3.05) is 36.5 Å². The average Bonchev–Trinajstić information content (AvgIpc) is 3.16. The SMILES string of the molecule is C=C/C=C1/CN(/C(C=C)=C/C=C(C)C)COC1=C.CC.Cc1cccc(N2COc3c(ccc4c5c(ccc34)CN(c3cccc(C)c3)CO5)C2)c1. The van der Waals surface area contributed by atoms with Gasteiger partial charge in [0.15, 0.2) is 20.2 Å². The quantitative estimate of drug-likeness (QED) is 0.187. The van der Waals surface area contributed by atoms with E-state index in [9.17, 15) is 0 Å². The number of hydrogen-bond acceptors (Lipinski definition) is 6. The largest absolute Gasteiger partial charge is 0.473 e. The van der Waals surface area contributed by atoms with Gasteiger partial charge in [0.1, 0.15) is 17.3 Å². The zero-order chi connectivity index (χ0) is 37.2. The maximum atomic E-state index is 6.30. The fraction of sp³-hybridized carbons (Fsp3) is 0.261. The van der Waals surface area contributed by atoms with Crippen LogP contribution in [0.25, 0.3) is 10.8 Å². The van der Waals surface area contributed by atoms with Gasteiger partial charge in [0.25, 0.3) is 0 Å². The Labute approximate surface area is 310 Å². The number of rotatable bonds is 6. The Hall–Kier alpha value is -5.62. The predicted octanol–water partition coefficient (Wildman–Crippen LogP) is 11.1. The lowest BCUT2D eigenvalue weighted by atomic mass is 9.99. The van der Waals surface area contributed by atoms with Crippen molar-refractivity contribution in [2.24, 2.45) is 0 Å². The molecule has 52 heavy (non-hydrogen) atoms. The molecule has 0 N–H and O–H groups in total. The summed E-state index contributed by atoms with van der Waals surface area (Å²) in [6, 6.07) is 25.9. The summed E-state index contributed by atoms with van der Waals surface area (Å²) >= 11 is 0. The van der Waals surface area contributed by atoms with Gasteiger partial charge < -0.3 is 28.9 Å². The molecular formula is C46H53N3O3. The standard InChI is InChI=1S/C28H26N2O2.C16H21NO.C2H6/c1-19-5-3-7-23(13-19)29-15-21-9-11-26-25(27(21)31-17-29)12-10-22-16-30(18-32-28(22)26)24-8-4-6-20(2)14-24;1-6-8-15-11-17(12-18-14(15)5)16(7-2)10-9-13(3)4;1-2/h3-14H,15-18H2,1-2H3;6-10H,1-2,5,11-12H2,3-4H3;1-2H3/b;15-8-,16-10+;. The zero-order valence-corrected chi connectivity index (χ0v) is 31.7. The molecule has 0 aromatic heterocycles. The van der Waals surface area contributed by atoms with Gasteiger partial charge in [-0.15, -0.1) is 0 Å².